The minimum Gasteiger partial charge on any atom is -0.394 e. The van der Waals surface area contributed by atoms with Crippen molar-refractivity contribution in [1.82, 2.24) is 14.6 Å². The second-order valence-electron chi connectivity index (χ2n) is 7.41. The minimum absolute atomic E-state index is 0.0241. The maximum Gasteiger partial charge on any atom is 0.156 e. The zero-order valence-electron chi connectivity index (χ0n) is 18.5. The van der Waals surface area contributed by atoms with Crippen LogP contribution in [0.5, 0.6) is 0 Å². The van der Waals surface area contributed by atoms with Gasteiger partial charge in [-0.05, 0) is 38.8 Å². The molecule has 1 saturated heterocycles. The molecular weight excluding hydrogens is 386 g/mol. The van der Waals surface area contributed by atoms with Crippen LogP contribution in [0.1, 0.15) is 78.0 Å². The van der Waals surface area contributed by atoms with Crippen LogP contribution in [0.3, 0.4) is 0 Å². The molecule has 0 amide bonds. The Labute approximate surface area is 179 Å². The van der Waals surface area contributed by atoms with Crippen LogP contribution in [0.25, 0.3) is 5.52 Å². The number of nitriles is 1. The maximum absolute atomic E-state index is 9.06. The van der Waals surface area contributed by atoms with Crippen LogP contribution in [-0.4, -0.2) is 48.4 Å². The second kappa shape index (κ2) is 14.7. The largest absolute Gasteiger partial charge is 0.394 e. The summed E-state index contributed by atoms with van der Waals surface area (Å²) >= 11 is 0. The van der Waals surface area contributed by atoms with E-state index in [1.165, 1.54) is 45.9 Å². The van der Waals surface area contributed by atoms with E-state index < -0.39 is 5.79 Å². The molecule has 0 radical (unpaired) electrons. The summed E-state index contributed by atoms with van der Waals surface area (Å²) in [6, 6.07) is 3.84. The number of aromatic nitrogens is 3. The number of hydrogen-bond acceptors (Lipinski definition) is 8. The topological polar surface area (TPSA) is 150 Å². The number of unbranched alkanes of at least 4 members (excludes halogenated alkanes) is 3. The van der Waals surface area contributed by atoms with E-state index in [2.05, 4.69) is 30.5 Å². The van der Waals surface area contributed by atoms with Gasteiger partial charge in [0.2, 0.25) is 0 Å². The van der Waals surface area contributed by atoms with Gasteiger partial charge in [0, 0.05) is 6.57 Å². The molecule has 1 fully saturated rings. The Balaban J connectivity index is 0.000000541. The first-order chi connectivity index (χ1) is 14.2. The Bertz CT molecular complexity index is 717. The molecule has 30 heavy (non-hydrogen) atoms. The third-order valence-corrected chi connectivity index (χ3v) is 4.11. The van der Waals surface area contributed by atoms with Gasteiger partial charge in [0.15, 0.2) is 11.6 Å². The number of nitrogens with zero attached hydrogens (tertiary/aromatic N) is 4. The SMILES string of the molecule is C#N.CC(C)(O)O.CCCCCC.Nc1ncnn2c(C3CCC(CO)O3)ccc12. The molecule has 3 heterocycles. The van der Waals surface area contributed by atoms with Gasteiger partial charge in [-0.25, -0.2) is 14.8 Å². The predicted octanol–water partition coefficient (Wildman–Crippen LogP) is 2.96. The van der Waals surface area contributed by atoms with E-state index >= 15 is 0 Å². The monoisotopic (exact) mass is 423 g/mol. The molecule has 9 nitrogen and oxygen atoms in total. The molecule has 1 aliphatic rings. The molecule has 0 spiro atoms. The van der Waals surface area contributed by atoms with Gasteiger partial charge in [-0.2, -0.15) is 5.10 Å². The van der Waals surface area contributed by atoms with Crippen LogP contribution in [-0.2, 0) is 4.74 Å². The van der Waals surface area contributed by atoms with E-state index in [0.29, 0.717) is 5.82 Å². The maximum atomic E-state index is 9.06. The first kappa shape index (κ1) is 27.8. The average Bonchev–Trinajstić information content (AvgIpc) is 3.34. The quantitative estimate of drug-likeness (QED) is 0.423. The molecule has 0 bridgehead atoms. The summed E-state index contributed by atoms with van der Waals surface area (Å²) in [6.45, 7) is 10.6. The highest BCUT2D eigenvalue weighted by molar-refractivity contribution is 5.65. The molecular formula is C21H37N5O4. The Morgan fingerprint density at radius 1 is 1.20 bits per heavy atom. The molecule has 3 rings (SSSR count). The van der Waals surface area contributed by atoms with Gasteiger partial charge in [-0.3, -0.25) is 0 Å². The van der Waals surface area contributed by atoms with Crippen molar-refractivity contribution in [2.45, 2.75) is 84.2 Å². The summed E-state index contributed by atoms with van der Waals surface area (Å²) < 4.78 is 7.49. The Hall–Kier alpha value is -2.25. The minimum atomic E-state index is -1.50. The van der Waals surface area contributed by atoms with Crippen LogP contribution >= 0.6 is 0 Å². The lowest BCUT2D eigenvalue weighted by Gasteiger charge is -2.11. The lowest BCUT2D eigenvalue weighted by atomic mass is 10.1. The smallest absolute Gasteiger partial charge is 0.156 e. The van der Waals surface area contributed by atoms with Crippen molar-refractivity contribution in [3.63, 3.8) is 0 Å². The number of nitrogen functional groups attached to an aromatic ring is 1. The van der Waals surface area contributed by atoms with Crippen molar-refractivity contribution >= 4 is 11.3 Å². The van der Waals surface area contributed by atoms with Gasteiger partial charge in [-0.15, -0.1) is 0 Å². The Morgan fingerprint density at radius 3 is 2.23 bits per heavy atom. The van der Waals surface area contributed by atoms with Gasteiger partial charge >= 0.3 is 0 Å². The highest BCUT2D eigenvalue weighted by Gasteiger charge is 2.28. The third kappa shape index (κ3) is 10.5. The molecule has 2 unspecified atom stereocenters. The molecule has 5 N–H and O–H groups in total. The molecule has 170 valence electrons. The molecule has 0 aliphatic carbocycles. The number of fused-ring (bicyclic) bond motifs is 1. The zero-order valence-corrected chi connectivity index (χ0v) is 18.5. The lowest BCUT2D eigenvalue weighted by molar-refractivity contribution is -0.127. The number of hydrogen-bond donors (Lipinski definition) is 4. The molecule has 0 saturated carbocycles. The Kier molecular flexibility index (Phi) is 13.6. The number of rotatable bonds is 5. The van der Waals surface area contributed by atoms with E-state index in [1.54, 1.807) is 4.52 Å². The third-order valence-electron chi connectivity index (χ3n) is 4.11. The van der Waals surface area contributed by atoms with E-state index in [9.17, 15) is 0 Å². The van der Waals surface area contributed by atoms with E-state index in [0.717, 1.165) is 24.1 Å². The Morgan fingerprint density at radius 2 is 1.77 bits per heavy atom. The number of aliphatic hydroxyl groups excluding tert-OH is 1. The van der Waals surface area contributed by atoms with Crippen molar-refractivity contribution < 1.29 is 20.1 Å². The molecule has 2 atom stereocenters. The highest BCUT2D eigenvalue weighted by Crippen LogP contribution is 2.33. The molecule has 1 aliphatic heterocycles. The average molecular weight is 424 g/mol. The van der Waals surface area contributed by atoms with Crippen molar-refractivity contribution in [3.8, 4) is 6.57 Å². The van der Waals surface area contributed by atoms with Crippen LogP contribution < -0.4 is 5.73 Å². The van der Waals surface area contributed by atoms with Crippen LogP contribution in [0.15, 0.2) is 18.5 Å². The number of ether oxygens (including phenoxy) is 1. The zero-order chi connectivity index (χ0) is 23.2. The van der Waals surface area contributed by atoms with Gasteiger partial charge in [0.05, 0.1) is 18.4 Å². The fourth-order valence-corrected chi connectivity index (χ4v) is 2.77. The first-order valence-electron chi connectivity index (χ1n) is 10.3. The summed E-state index contributed by atoms with van der Waals surface area (Å²) in [4.78, 5) is 3.94. The summed E-state index contributed by atoms with van der Waals surface area (Å²) in [5.41, 5.74) is 7.52. The highest BCUT2D eigenvalue weighted by atomic mass is 16.5. The second-order valence-corrected chi connectivity index (χ2v) is 7.41. The fourth-order valence-electron chi connectivity index (χ4n) is 2.77. The standard InChI is InChI=1S/C11H14N4O2.C6H14.C3H8O2.CHN/c12-11-9-3-2-8(15(9)14-6-13-11)10-4-1-7(5-16)17-10;1-3-5-6-4-2;1-3(2,4)5;1-2/h2-3,6-7,10,16H,1,4-5H2,(H2,12,13,14);3-6H2,1-2H3;4-5H,1-2H3;1H. The van der Waals surface area contributed by atoms with Gasteiger partial charge < -0.3 is 25.8 Å². The summed E-state index contributed by atoms with van der Waals surface area (Å²) in [5, 5.41) is 35.9. The van der Waals surface area contributed by atoms with E-state index in [4.69, 9.17) is 31.1 Å². The molecule has 2 aromatic heterocycles. The molecule has 0 aromatic carbocycles. The summed E-state index contributed by atoms with van der Waals surface area (Å²) in [5.74, 6) is -1.04. The van der Waals surface area contributed by atoms with E-state index in [-0.39, 0.29) is 18.8 Å². The van der Waals surface area contributed by atoms with Gasteiger partial charge in [0.1, 0.15) is 17.9 Å². The van der Waals surface area contributed by atoms with Crippen molar-refractivity contribution in [1.29, 1.82) is 5.26 Å². The van der Waals surface area contributed by atoms with Crippen molar-refractivity contribution in [2.75, 3.05) is 12.3 Å². The van der Waals surface area contributed by atoms with Gasteiger partial charge in [0.25, 0.3) is 0 Å². The van der Waals surface area contributed by atoms with E-state index in [1.807, 2.05) is 12.1 Å². The normalized spacial score (nSPS) is 17.8. The molecule has 2 aromatic rings. The number of aliphatic hydroxyl groups is 3. The van der Waals surface area contributed by atoms with Crippen molar-refractivity contribution in [3.05, 3.63) is 24.2 Å². The fraction of sp³-hybridized carbons (Fsp3) is 0.667. The first-order valence-corrected chi connectivity index (χ1v) is 10.3. The van der Waals surface area contributed by atoms with Crippen LogP contribution in [0, 0.1) is 11.8 Å². The van der Waals surface area contributed by atoms with Crippen LogP contribution in [0.4, 0.5) is 5.82 Å². The summed E-state index contributed by atoms with van der Waals surface area (Å²) in [6.07, 6.45) is 8.64. The van der Waals surface area contributed by atoms with Crippen molar-refractivity contribution in [2.24, 2.45) is 0 Å². The number of anilines is 1. The summed E-state index contributed by atoms with van der Waals surface area (Å²) in [7, 11) is 0. The van der Waals surface area contributed by atoms with Crippen LogP contribution in [0.2, 0.25) is 0 Å². The number of nitrogens with two attached hydrogens (primary N) is 1. The lowest BCUT2D eigenvalue weighted by Crippen LogP contribution is -2.15. The predicted molar refractivity (Wildman–Crippen MR) is 116 cm³/mol. The van der Waals surface area contributed by atoms with Gasteiger partial charge in [-0.1, -0.05) is 39.5 Å². The molecule has 9 heteroatoms.